The van der Waals surface area contributed by atoms with Crippen molar-refractivity contribution in [2.75, 3.05) is 5.75 Å². The van der Waals surface area contributed by atoms with E-state index in [2.05, 4.69) is 12.6 Å². The predicted molar refractivity (Wildman–Crippen MR) is 127 cm³/mol. The minimum absolute atomic E-state index is 0.0150. The van der Waals surface area contributed by atoms with Crippen LogP contribution in [-0.2, 0) is 4.79 Å². The first kappa shape index (κ1) is 26.9. The topological polar surface area (TPSA) is 137 Å². The molecule has 0 fully saturated rings. The van der Waals surface area contributed by atoms with E-state index in [0.717, 1.165) is 16.2 Å². The second-order valence-electron chi connectivity index (χ2n) is 6.09. The number of nitro benzene ring substituents is 2. The van der Waals surface area contributed by atoms with Crippen molar-refractivity contribution in [2.24, 2.45) is 0 Å². The molecule has 0 saturated carbocycles. The highest BCUT2D eigenvalue weighted by Crippen LogP contribution is 2.29. The van der Waals surface area contributed by atoms with Crippen molar-refractivity contribution in [3.63, 3.8) is 0 Å². The van der Waals surface area contributed by atoms with Crippen LogP contribution in [0.3, 0.4) is 0 Å². The number of benzene rings is 2. The standard InChI is InChI=1S/C10H7NO3S.C7H4ClNO3.C3H6OS/c1-6(12)10-5-7-4-8(11(13)14)2-3-9(7)15-10;8-7-2-1-6(9(11)12)3-5(7)4-10;1-3(4)2-5/h2-5H,1H3;1-4H;5H,2H2,1H3. The van der Waals surface area contributed by atoms with E-state index < -0.39 is 9.85 Å². The number of thiol groups is 1. The summed E-state index contributed by atoms with van der Waals surface area (Å²) in [4.78, 5) is 51.5. The molecule has 0 N–H and O–H groups in total. The largest absolute Gasteiger partial charge is 0.299 e. The van der Waals surface area contributed by atoms with Gasteiger partial charge in [0, 0.05) is 40.3 Å². The molecule has 1 heterocycles. The van der Waals surface area contributed by atoms with Gasteiger partial charge in [0.05, 0.1) is 19.7 Å². The molecule has 0 saturated heterocycles. The Bertz CT molecular complexity index is 1170. The summed E-state index contributed by atoms with van der Waals surface area (Å²) in [6.07, 6.45) is 0.481. The molecule has 3 aromatic rings. The van der Waals surface area contributed by atoms with Gasteiger partial charge in [0.2, 0.25) is 0 Å². The lowest BCUT2D eigenvalue weighted by Gasteiger charge is -1.94. The summed E-state index contributed by atoms with van der Waals surface area (Å²) in [6.45, 7) is 2.99. The van der Waals surface area contributed by atoms with Gasteiger partial charge in [-0.25, -0.2) is 0 Å². The van der Waals surface area contributed by atoms with Crippen molar-refractivity contribution >= 4 is 74.9 Å². The average molecular weight is 497 g/mol. The van der Waals surface area contributed by atoms with Crippen molar-refractivity contribution in [3.05, 3.63) is 78.2 Å². The van der Waals surface area contributed by atoms with E-state index in [0.29, 0.717) is 16.9 Å². The van der Waals surface area contributed by atoms with E-state index in [4.69, 9.17) is 11.6 Å². The summed E-state index contributed by atoms with van der Waals surface area (Å²) in [5, 5.41) is 21.7. The molecule has 12 heteroatoms. The van der Waals surface area contributed by atoms with E-state index in [1.165, 1.54) is 49.4 Å². The van der Waals surface area contributed by atoms with Crippen molar-refractivity contribution in [3.8, 4) is 0 Å². The van der Waals surface area contributed by atoms with Crippen molar-refractivity contribution in [2.45, 2.75) is 13.8 Å². The molecular formula is C20H17ClN2O7S2. The Kier molecular flexibility index (Phi) is 10.6. The van der Waals surface area contributed by atoms with Crippen molar-refractivity contribution < 1.29 is 24.2 Å². The molecule has 2 aromatic carbocycles. The zero-order valence-electron chi connectivity index (χ0n) is 16.8. The molecule has 3 rings (SSSR count). The summed E-state index contributed by atoms with van der Waals surface area (Å²) >= 11 is 10.6. The number of thiophene rings is 1. The Labute approximate surface area is 196 Å². The second kappa shape index (κ2) is 12.6. The Hall–Kier alpha value is -3.15. The predicted octanol–water partition coefficient (Wildman–Crippen LogP) is 5.58. The average Bonchev–Trinajstić information content (AvgIpc) is 3.18. The number of carbonyl (C=O) groups is 3. The quantitative estimate of drug-likeness (QED) is 0.160. The van der Waals surface area contributed by atoms with Crippen LogP contribution in [-0.4, -0.2) is 33.5 Å². The number of ketones is 2. The minimum Gasteiger partial charge on any atom is -0.299 e. The van der Waals surface area contributed by atoms with Crippen LogP contribution in [0.5, 0.6) is 0 Å². The molecule has 9 nitrogen and oxygen atoms in total. The second-order valence-corrected chi connectivity index (χ2v) is 7.89. The molecular weight excluding hydrogens is 480 g/mol. The summed E-state index contributed by atoms with van der Waals surface area (Å²) in [5.41, 5.74) is 0.0442. The van der Waals surface area contributed by atoms with Crippen molar-refractivity contribution in [1.82, 2.24) is 0 Å². The highest BCUT2D eigenvalue weighted by molar-refractivity contribution is 7.81. The van der Waals surface area contributed by atoms with Gasteiger partial charge < -0.3 is 0 Å². The van der Waals surface area contributed by atoms with Gasteiger partial charge in [-0.3, -0.25) is 34.6 Å². The van der Waals surface area contributed by atoms with Crippen LogP contribution < -0.4 is 0 Å². The van der Waals surface area contributed by atoms with E-state index in [1.54, 1.807) is 12.1 Å². The SMILES string of the molecule is CC(=O)CS.CC(=O)c1cc2cc([N+](=O)[O-])ccc2s1.O=Cc1cc([N+](=O)[O-])ccc1Cl. The fraction of sp³-hybridized carbons (Fsp3) is 0.150. The zero-order chi connectivity index (χ0) is 24.4. The maximum atomic E-state index is 11.1. The van der Waals surface area contributed by atoms with Gasteiger partial charge in [-0.05, 0) is 37.4 Å². The maximum absolute atomic E-state index is 11.1. The fourth-order valence-corrected chi connectivity index (χ4v) is 3.15. The third kappa shape index (κ3) is 8.17. The molecule has 0 radical (unpaired) electrons. The Morgan fingerprint density at radius 1 is 1.03 bits per heavy atom. The molecule has 1 aromatic heterocycles. The number of non-ortho nitro benzene ring substituents is 2. The molecule has 168 valence electrons. The number of fused-ring (bicyclic) bond motifs is 1. The molecule has 0 bridgehead atoms. The number of hydrogen-bond donors (Lipinski definition) is 1. The number of hydrogen-bond acceptors (Lipinski definition) is 9. The first-order chi connectivity index (χ1) is 15.0. The third-order valence-corrected chi connectivity index (χ3v) is 5.60. The van der Waals surface area contributed by atoms with Gasteiger partial charge in [0.25, 0.3) is 11.4 Å². The first-order valence-electron chi connectivity index (χ1n) is 8.68. The van der Waals surface area contributed by atoms with Crippen LogP contribution in [0.4, 0.5) is 11.4 Å². The van der Waals surface area contributed by atoms with E-state index in [9.17, 15) is 34.6 Å². The minimum atomic E-state index is -0.580. The third-order valence-electron chi connectivity index (χ3n) is 3.60. The van der Waals surface area contributed by atoms with Gasteiger partial charge in [0.1, 0.15) is 5.78 Å². The number of aldehydes is 1. The van der Waals surface area contributed by atoms with E-state index >= 15 is 0 Å². The number of rotatable bonds is 5. The molecule has 0 aliphatic rings. The maximum Gasteiger partial charge on any atom is 0.270 e. The smallest absolute Gasteiger partial charge is 0.270 e. The molecule has 0 unspecified atom stereocenters. The van der Waals surface area contributed by atoms with Crippen LogP contribution >= 0.6 is 35.6 Å². The highest BCUT2D eigenvalue weighted by atomic mass is 35.5. The summed E-state index contributed by atoms with van der Waals surface area (Å²) in [6, 6.07) is 10.00. The van der Waals surface area contributed by atoms with E-state index in [-0.39, 0.29) is 33.5 Å². The Balaban J connectivity index is 0.000000270. The molecule has 32 heavy (non-hydrogen) atoms. The molecule has 0 atom stereocenters. The highest BCUT2D eigenvalue weighted by Gasteiger charge is 2.10. The zero-order valence-corrected chi connectivity index (χ0v) is 19.3. The van der Waals surface area contributed by atoms with Crippen LogP contribution in [0.1, 0.15) is 33.9 Å². The van der Waals surface area contributed by atoms with Crippen molar-refractivity contribution in [1.29, 1.82) is 0 Å². The molecule has 0 aliphatic heterocycles. The summed E-state index contributed by atoms with van der Waals surface area (Å²) < 4.78 is 0.894. The first-order valence-corrected chi connectivity index (χ1v) is 10.5. The van der Waals surface area contributed by atoms with Gasteiger partial charge in [-0.2, -0.15) is 12.6 Å². The molecule has 0 amide bonds. The monoisotopic (exact) mass is 496 g/mol. The summed E-state index contributed by atoms with van der Waals surface area (Å²) in [7, 11) is 0. The number of nitro groups is 2. The molecule has 0 aliphatic carbocycles. The summed E-state index contributed by atoms with van der Waals surface area (Å²) in [5.74, 6) is 0.465. The normalized spacial score (nSPS) is 9.62. The number of nitrogens with zero attached hydrogens (tertiary/aromatic N) is 2. The van der Waals surface area contributed by atoms with Crippen LogP contribution in [0.25, 0.3) is 10.1 Å². The Morgan fingerprint density at radius 2 is 1.56 bits per heavy atom. The number of Topliss-reactive ketones (excluding diaryl/α,β-unsaturated/α-hetero) is 2. The molecule has 0 spiro atoms. The lowest BCUT2D eigenvalue weighted by molar-refractivity contribution is -0.385. The van der Waals surface area contributed by atoms with Gasteiger partial charge in [-0.15, -0.1) is 11.3 Å². The van der Waals surface area contributed by atoms with Gasteiger partial charge >= 0.3 is 0 Å². The van der Waals surface area contributed by atoms with E-state index in [1.807, 2.05) is 0 Å². The van der Waals surface area contributed by atoms with Crippen LogP contribution in [0, 0.1) is 20.2 Å². The van der Waals surface area contributed by atoms with Gasteiger partial charge in [0.15, 0.2) is 12.1 Å². The fourth-order valence-electron chi connectivity index (χ4n) is 2.05. The van der Waals surface area contributed by atoms with Crippen LogP contribution in [0.2, 0.25) is 5.02 Å². The number of carbonyl (C=O) groups excluding carboxylic acids is 3. The Morgan fingerprint density at radius 3 is 2.03 bits per heavy atom. The lowest BCUT2D eigenvalue weighted by atomic mass is 10.2. The van der Waals surface area contributed by atoms with Gasteiger partial charge in [-0.1, -0.05) is 11.6 Å². The number of halogens is 1. The van der Waals surface area contributed by atoms with Crippen LogP contribution in [0.15, 0.2) is 42.5 Å². The lowest BCUT2D eigenvalue weighted by Crippen LogP contribution is -1.90.